The van der Waals surface area contributed by atoms with Crippen LogP contribution >= 0.6 is 0 Å². The van der Waals surface area contributed by atoms with E-state index < -0.39 is 10.0 Å². The Morgan fingerprint density at radius 2 is 1.63 bits per heavy atom. The lowest BCUT2D eigenvalue weighted by atomic mass is 10.2. The molecule has 0 saturated carbocycles. The topological polar surface area (TPSA) is 97.8 Å². The van der Waals surface area contributed by atoms with Crippen molar-refractivity contribution in [3.63, 3.8) is 0 Å². The van der Waals surface area contributed by atoms with Crippen molar-refractivity contribution in [2.75, 3.05) is 29.9 Å². The molecule has 35 heavy (non-hydrogen) atoms. The maximum absolute atomic E-state index is 13.0. The summed E-state index contributed by atoms with van der Waals surface area (Å²) in [6.45, 7) is 2.18. The molecule has 1 aromatic heterocycles. The minimum Gasteiger partial charge on any atom is -0.494 e. The number of sulfonamides is 1. The van der Waals surface area contributed by atoms with E-state index in [4.69, 9.17) is 9.47 Å². The molecule has 0 aliphatic rings. The summed E-state index contributed by atoms with van der Waals surface area (Å²) in [4.78, 5) is 16.7. The number of carbonyl (C=O) groups excluding carboxylic acids is 1. The molecule has 0 aliphatic heterocycles. The molecule has 9 heteroatoms. The summed E-state index contributed by atoms with van der Waals surface area (Å²) in [7, 11) is -2.26. The number of benzene rings is 3. The summed E-state index contributed by atoms with van der Waals surface area (Å²) in [5.74, 6) is 0.739. The van der Waals surface area contributed by atoms with E-state index in [1.54, 1.807) is 48.7 Å². The standard InChI is InChI=1S/C26H25N3O5S/c1-3-33-22-11-13-24(14-12-22)35(31,32)29(2)21-7-9-23(10-8-21)34-18-26(30)28-20-6-15-25-19(17-20)5-4-16-27-25/h4-17H,3,18H2,1-2H3,(H,28,30). The molecule has 0 spiro atoms. The van der Waals surface area contributed by atoms with Gasteiger partial charge in [0, 0.05) is 24.3 Å². The second-order valence-corrected chi connectivity index (χ2v) is 9.59. The third-order valence-corrected chi connectivity index (χ3v) is 7.05. The van der Waals surface area contributed by atoms with Crippen LogP contribution in [0.15, 0.2) is 90.0 Å². The maximum atomic E-state index is 13.0. The van der Waals surface area contributed by atoms with Gasteiger partial charge in [-0.1, -0.05) is 6.07 Å². The van der Waals surface area contributed by atoms with Crippen LogP contribution in [0, 0.1) is 0 Å². The number of nitrogens with one attached hydrogen (secondary N) is 1. The number of amides is 1. The van der Waals surface area contributed by atoms with Gasteiger partial charge in [0.05, 0.1) is 22.7 Å². The Bertz CT molecular complexity index is 1420. The number of anilines is 2. The van der Waals surface area contributed by atoms with E-state index in [1.807, 2.05) is 31.2 Å². The van der Waals surface area contributed by atoms with E-state index in [2.05, 4.69) is 10.3 Å². The largest absolute Gasteiger partial charge is 0.494 e. The lowest BCUT2D eigenvalue weighted by molar-refractivity contribution is -0.118. The van der Waals surface area contributed by atoms with Crippen LogP contribution in [0.25, 0.3) is 10.9 Å². The van der Waals surface area contributed by atoms with Gasteiger partial charge in [0.15, 0.2) is 6.61 Å². The highest BCUT2D eigenvalue weighted by Crippen LogP contribution is 2.25. The smallest absolute Gasteiger partial charge is 0.264 e. The molecule has 4 aromatic rings. The molecule has 1 heterocycles. The van der Waals surface area contributed by atoms with Crippen molar-refractivity contribution in [2.24, 2.45) is 0 Å². The second kappa shape index (κ2) is 10.4. The van der Waals surface area contributed by atoms with Gasteiger partial charge in [-0.2, -0.15) is 0 Å². The Labute approximate surface area is 204 Å². The van der Waals surface area contributed by atoms with E-state index >= 15 is 0 Å². The van der Waals surface area contributed by atoms with Crippen LogP contribution in [0.5, 0.6) is 11.5 Å². The molecule has 3 aromatic carbocycles. The predicted octanol–water partition coefficient (Wildman–Crippen LogP) is 4.48. The summed E-state index contributed by atoms with van der Waals surface area (Å²) < 4.78 is 38.0. The van der Waals surface area contributed by atoms with Gasteiger partial charge in [-0.15, -0.1) is 0 Å². The number of nitrogens with zero attached hydrogens (tertiary/aromatic N) is 2. The second-order valence-electron chi connectivity index (χ2n) is 7.62. The van der Waals surface area contributed by atoms with Crippen molar-refractivity contribution in [2.45, 2.75) is 11.8 Å². The lowest BCUT2D eigenvalue weighted by Crippen LogP contribution is -2.26. The maximum Gasteiger partial charge on any atom is 0.264 e. The van der Waals surface area contributed by atoms with Crippen molar-refractivity contribution in [1.82, 2.24) is 4.98 Å². The predicted molar refractivity (Wildman–Crippen MR) is 136 cm³/mol. The molecule has 0 saturated heterocycles. The molecule has 1 amide bonds. The fourth-order valence-corrected chi connectivity index (χ4v) is 4.62. The van der Waals surface area contributed by atoms with Crippen LogP contribution < -0.4 is 19.1 Å². The normalized spacial score (nSPS) is 11.1. The third-order valence-electron chi connectivity index (χ3n) is 5.25. The van der Waals surface area contributed by atoms with Gasteiger partial charge in [-0.3, -0.25) is 14.1 Å². The summed E-state index contributed by atoms with van der Waals surface area (Å²) in [5, 5.41) is 3.72. The molecular formula is C26H25N3O5S. The molecule has 0 radical (unpaired) electrons. The average Bonchev–Trinajstić information content (AvgIpc) is 2.88. The molecule has 1 N–H and O–H groups in total. The Kier molecular flexibility index (Phi) is 7.17. The number of carbonyl (C=O) groups is 1. The van der Waals surface area contributed by atoms with E-state index in [-0.39, 0.29) is 17.4 Å². The minimum atomic E-state index is -3.74. The first-order chi connectivity index (χ1) is 16.9. The molecule has 8 nitrogen and oxygen atoms in total. The highest BCUT2D eigenvalue weighted by atomic mass is 32.2. The monoisotopic (exact) mass is 491 g/mol. The van der Waals surface area contributed by atoms with E-state index in [1.165, 1.54) is 23.5 Å². The fraction of sp³-hybridized carbons (Fsp3) is 0.154. The van der Waals surface area contributed by atoms with Gasteiger partial charge in [-0.25, -0.2) is 8.42 Å². The van der Waals surface area contributed by atoms with Gasteiger partial charge >= 0.3 is 0 Å². The zero-order valence-corrected chi connectivity index (χ0v) is 20.2. The number of fused-ring (bicyclic) bond motifs is 1. The number of rotatable bonds is 9. The number of aromatic nitrogens is 1. The van der Waals surface area contributed by atoms with E-state index in [9.17, 15) is 13.2 Å². The lowest BCUT2D eigenvalue weighted by Gasteiger charge is -2.20. The SMILES string of the molecule is CCOc1ccc(S(=O)(=O)N(C)c2ccc(OCC(=O)Nc3ccc4ncccc4c3)cc2)cc1. The van der Waals surface area contributed by atoms with Crippen molar-refractivity contribution in [3.8, 4) is 11.5 Å². The molecule has 0 unspecified atom stereocenters. The van der Waals surface area contributed by atoms with Gasteiger partial charge in [0.1, 0.15) is 11.5 Å². The van der Waals surface area contributed by atoms with Gasteiger partial charge < -0.3 is 14.8 Å². The molecule has 0 aliphatic carbocycles. The fourth-order valence-electron chi connectivity index (χ4n) is 3.42. The van der Waals surface area contributed by atoms with Crippen LogP contribution in [0.2, 0.25) is 0 Å². The number of hydrogen-bond donors (Lipinski definition) is 1. The van der Waals surface area contributed by atoms with Crippen molar-refractivity contribution in [1.29, 1.82) is 0 Å². The first kappa shape index (κ1) is 24.0. The van der Waals surface area contributed by atoms with Gasteiger partial charge in [-0.05, 0) is 79.7 Å². The highest BCUT2D eigenvalue weighted by Gasteiger charge is 2.21. The van der Waals surface area contributed by atoms with E-state index in [0.717, 1.165) is 10.9 Å². The Morgan fingerprint density at radius 3 is 2.34 bits per heavy atom. The van der Waals surface area contributed by atoms with Crippen molar-refractivity contribution < 1.29 is 22.7 Å². The molecule has 0 atom stereocenters. The van der Waals surface area contributed by atoms with Gasteiger partial charge in [0.2, 0.25) is 0 Å². The van der Waals surface area contributed by atoms with Gasteiger partial charge in [0.25, 0.3) is 15.9 Å². The quantitative estimate of drug-likeness (QED) is 0.371. The first-order valence-electron chi connectivity index (χ1n) is 11.0. The summed E-state index contributed by atoms with van der Waals surface area (Å²) in [5.41, 5.74) is 1.95. The van der Waals surface area contributed by atoms with Crippen molar-refractivity contribution in [3.05, 3.63) is 85.1 Å². The Balaban J connectivity index is 1.35. The molecule has 0 bridgehead atoms. The van der Waals surface area contributed by atoms with Crippen LogP contribution in [-0.2, 0) is 14.8 Å². The molecule has 180 valence electrons. The Hall–Kier alpha value is -4.11. The number of ether oxygens (including phenoxy) is 2. The molecule has 0 fully saturated rings. The minimum absolute atomic E-state index is 0.157. The van der Waals surface area contributed by atoms with Crippen LogP contribution in [-0.4, -0.2) is 39.6 Å². The average molecular weight is 492 g/mol. The number of hydrogen-bond acceptors (Lipinski definition) is 6. The Morgan fingerprint density at radius 1 is 0.943 bits per heavy atom. The summed E-state index contributed by atoms with van der Waals surface area (Å²) in [6, 6.07) is 22.0. The first-order valence-corrected chi connectivity index (χ1v) is 12.4. The molecular weight excluding hydrogens is 466 g/mol. The molecule has 4 rings (SSSR count). The van der Waals surface area contributed by atoms with Crippen molar-refractivity contribution >= 4 is 38.2 Å². The van der Waals surface area contributed by atoms with Crippen LogP contribution in [0.4, 0.5) is 11.4 Å². The van der Waals surface area contributed by atoms with E-state index in [0.29, 0.717) is 29.5 Å². The van der Waals surface area contributed by atoms with Crippen LogP contribution in [0.3, 0.4) is 0 Å². The number of pyridine rings is 1. The summed E-state index contributed by atoms with van der Waals surface area (Å²) in [6.07, 6.45) is 1.72. The zero-order valence-electron chi connectivity index (χ0n) is 19.3. The highest BCUT2D eigenvalue weighted by molar-refractivity contribution is 7.92. The summed E-state index contributed by atoms with van der Waals surface area (Å²) >= 11 is 0. The third kappa shape index (κ3) is 5.70. The zero-order chi connectivity index (χ0) is 24.8. The van der Waals surface area contributed by atoms with Crippen LogP contribution in [0.1, 0.15) is 6.92 Å².